The average Bonchev–Trinajstić information content (AvgIpc) is 2.96. The lowest BCUT2D eigenvalue weighted by Gasteiger charge is -2.21. The Balaban J connectivity index is 2.23. The lowest BCUT2D eigenvalue weighted by molar-refractivity contribution is -0.132. The molecule has 0 spiro atoms. The molecule has 0 aromatic carbocycles. The second-order valence-corrected chi connectivity index (χ2v) is 4.41. The summed E-state index contributed by atoms with van der Waals surface area (Å²) in [6.45, 7) is 2.51. The van der Waals surface area contributed by atoms with Crippen molar-refractivity contribution in [2.75, 3.05) is 13.2 Å². The van der Waals surface area contributed by atoms with E-state index in [9.17, 15) is 4.79 Å². The van der Waals surface area contributed by atoms with Crippen LogP contribution in [0.25, 0.3) is 0 Å². The summed E-state index contributed by atoms with van der Waals surface area (Å²) in [5.41, 5.74) is 5.62. The maximum Gasteiger partial charge on any atom is 0.222 e. The van der Waals surface area contributed by atoms with Gasteiger partial charge in [-0.2, -0.15) is 0 Å². The number of nitrogens with zero attached hydrogens (tertiary/aromatic N) is 1. The third-order valence-electron chi connectivity index (χ3n) is 2.70. The Morgan fingerprint density at radius 1 is 1.60 bits per heavy atom. The molecule has 1 unspecified atom stereocenters. The molecule has 1 aliphatic carbocycles. The number of amides is 1. The highest BCUT2D eigenvalue weighted by atomic mass is 16.3. The summed E-state index contributed by atoms with van der Waals surface area (Å²) < 4.78 is 0. The van der Waals surface area contributed by atoms with Gasteiger partial charge in [-0.1, -0.05) is 0 Å². The number of aliphatic hydroxyl groups is 1. The summed E-state index contributed by atoms with van der Waals surface area (Å²) >= 11 is 0. The largest absolute Gasteiger partial charge is 0.395 e. The minimum absolute atomic E-state index is 0.0650. The number of nitrogens with two attached hydrogens (primary N) is 1. The highest BCUT2D eigenvalue weighted by Gasteiger charge is 2.31. The van der Waals surface area contributed by atoms with Crippen LogP contribution in [0.2, 0.25) is 0 Å². The van der Waals surface area contributed by atoms with Gasteiger partial charge in [-0.05, 0) is 32.6 Å². The van der Waals surface area contributed by atoms with Crippen molar-refractivity contribution in [2.45, 2.75) is 51.1 Å². The van der Waals surface area contributed by atoms with Gasteiger partial charge in [0.05, 0.1) is 6.61 Å². The molecule has 1 atom stereocenters. The molecule has 4 heteroatoms. The molecule has 0 saturated heterocycles. The average molecular weight is 214 g/mol. The highest BCUT2D eigenvalue weighted by molar-refractivity contribution is 5.76. The molecule has 15 heavy (non-hydrogen) atoms. The SMILES string of the molecule is CC(N)CCCC(=O)N(CCO)C1CC1. The summed E-state index contributed by atoms with van der Waals surface area (Å²) in [5, 5.41) is 8.86. The van der Waals surface area contributed by atoms with Gasteiger partial charge in [-0.25, -0.2) is 0 Å². The first-order valence-corrected chi connectivity index (χ1v) is 5.81. The van der Waals surface area contributed by atoms with Gasteiger partial charge in [0.2, 0.25) is 5.91 Å². The zero-order valence-electron chi connectivity index (χ0n) is 9.48. The van der Waals surface area contributed by atoms with Crippen molar-refractivity contribution < 1.29 is 9.90 Å². The van der Waals surface area contributed by atoms with Crippen LogP contribution in [0.4, 0.5) is 0 Å². The van der Waals surface area contributed by atoms with Crippen LogP contribution in [0.15, 0.2) is 0 Å². The zero-order chi connectivity index (χ0) is 11.3. The number of carbonyl (C=O) groups excluding carboxylic acids is 1. The monoisotopic (exact) mass is 214 g/mol. The first kappa shape index (κ1) is 12.5. The van der Waals surface area contributed by atoms with Crippen LogP contribution in [0.5, 0.6) is 0 Å². The predicted octanol–water partition coefficient (Wildman–Crippen LogP) is 0.487. The van der Waals surface area contributed by atoms with E-state index in [0.717, 1.165) is 25.7 Å². The standard InChI is InChI=1S/C11H22N2O2/c1-9(12)3-2-4-11(15)13(7-8-14)10-5-6-10/h9-10,14H,2-8,12H2,1H3. The molecule has 1 rings (SSSR count). The quantitative estimate of drug-likeness (QED) is 0.648. The van der Waals surface area contributed by atoms with Gasteiger partial charge in [0.1, 0.15) is 0 Å². The van der Waals surface area contributed by atoms with Crippen molar-refractivity contribution in [2.24, 2.45) is 5.73 Å². The van der Waals surface area contributed by atoms with Gasteiger partial charge in [0.25, 0.3) is 0 Å². The summed E-state index contributed by atoms with van der Waals surface area (Å²) in [6.07, 6.45) is 4.50. The molecule has 1 amide bonds. The molecular weight excluding hydrogens is 192 g/mol. The van der Waals surface area contributed by atoms with Crippen molar-refractivity contribution >= 4 is 5.91 Å². The minimum atomic E-state index is 0.0650. The molecule has 88 valence electrons. The van der Waals surface area contributed by atoms with Gasteiger partial charge < -0.3 is 15.7 Å². The normalized spacial score (nSPS) is 17.5. The molecule has 1 aliphatic rings. The van der Waals surface area contributed by atoms with Crippen LogP contribution in [-0.4, -0.2) is 41.1 Å². The summed E-state index contributed by atoms with van der Waals surface area (Å²) in [6, 6.07) is 0.574. The summed E-state index contributed by atoms with van der Waals surface area (Å²) in [5.74, 6) is 0.173. The molecule has 3 N–H and O–H groups in total. The Labute approximate surface area is 91.4 Å². The maximum absolute atomic E-state index is 11.8. The lowest BCUT2D eigenvalue weighted by atomic mass is 10.1. The van der Waals surface area contributed by atoms with Crippen molar-refractivity contribution in [3.05, 3.63) is 0 Å². The van der Waals surface area contributed by atoms with E-state index in [0.29, 0.717) is 19.0 Å². The Morgan fingerprint density at radius 2 is 2.27 bits per heavy atom. The topological polar surface area (TPSA) is 66.6 Å². The molecule has 0 aromatic heterocycles. The Kier molecular flexibility index (Phi) is 5.05. The van der Waals surface area contributed by atoms with E-state index in [1.54, 1.807) is 0 Å². The lowest BCUT2D eigenvalue weighted by Crippen LogP contribution is -2.35. The third-order valence-corrected chi connectivity index (χ3v) is 2.70. The van der Waals surface area contributed by atoms with E-state index >= 15 is 0 Å². The van der Waals surface area contributed by atoms with Gasteiger partial charge in [0.15, 0.2) is 0 Å². The number of carbonyl (C=O) groups is 1. The molecule has 0 radical (unpaired) electrons. The second-order valence-electron chi connectivity index (χ2n) is 4.41. The van der Waals surface area contributed by atoms with E-state index < -0.39 is 0 Å². The van der Waals surface area contributed by atoms with E-state index in [1.807, 2.05) is 11.8 Å². The Bertz CT molecular complexity index is 203. The molecule has 0 heterocycles. The third kappa shape index (κ3) is 4.62. The van der Waals surface area contributed by atoms with Crippen LogP contribution < -0.4 is 5.73 Å². The van der Waals surface area contributed by atoms with Crippen LogP contribution in [0.1, 0.15) is 39.0 Å². The van der Waals surface area contributed by atoms with Gasteiger partial charge in [-0.15, -0.1) is 0 Å². The van der Waals surface area contributed by atoms with Crippen molar-refractivity contribution in [3.8, 4) is 0 Å². The molecular formula is C11H22N2O2. The fraction of sp³-hybridized carbons (Fsp3) is 0.909. The second kappa shape index (κ2) is 6.08. The van der Waals surface area contributed by atoms with Crippen LogP contribution in [0, 0.1) is 0 Å². The first-order valence-electron chi connectivity index (χ1n) is 5.81. The zero-order valence-corrected chi connectivity index (χ0v) is 9.48. The van der Waals surface area contributed by atoms with Gasteiger partial charge in [-0.3, -0.25) is 4.79 Å². The van der Waals surface area contributed by atoms with E-state index in [-0.39, 0.29) is 18.6 Å². The number of aliphatic hydroxyl groups excluding tert-OH is 1. The smallest absolute Gasteiger partial charge is 0.222 e. The van der Waals surface area contributed by atoms with Crippen molar-refractivity contribution in [3.63, 3.8) is 0 Å². The summed E-state index contributed by atoms with van der Waals surface area (Å²) in [7, 11) is 0. The van der Waals surface area contributed by atoms with Crippen LogP contribution >= 0.6 is 0 Å². The van der Waals surface area contributed by atoms with Crippen LogP contribution in [-0.2, 0) is 4.79 Å². The van der Waals surface area contributed by atoms with Crippen molar-refractivity contribution in [1.82, 2.24) is 4.90 Å². The fourth-order valence-electron chi connectivity index (χ4n) is 1.72. The number of rotatable bonds is 7. The minimum Gasteiger partial charge on any atom is -0.395 e. The maximum atomic E-state index is 11.8. The highest BCUT2D eigenvalue weighted by Crippen LogP contribution is 2.27. The molecule has 4 nitrogen and oxygen atoms in total. The molecule has 0 aromatic rings. The Morgan fingerprint density at radius 3 is 2.73 bits per heavy atom. The first-order chi connectivity index (χ1) is 7.15. The number of hydrogen-bond acceptors (Lipinski definition) is 3. The van der Waals surface area contributed by atoms with Crippen molar-refractivity contribution in [1.29, 1.82) is 0 Å². The van der Waals surface area contributed by atoms with E-state index in [4.69, 9.17) is 10.8 Å². The summed E-state index contributed by atoms with van der Waals surface area (Å²) in [4.78, 5) is 13.6. The molecule has 1 fully saturated rings. The predicted molar refractivity (Wildman–Crippen MR) is 59.3 cm³/mol. The van der Waals surface area contributed by atoms with Crippen LogP contribution in [0.3, 0.4) is 0 Å². The van der Waals surface area contributed by atoms with Gasteiger partial charge >= 0.3 is 0 Å². The van der Waals surface area contributed by atoms with Gasteiger partial charge in [0, 0.05) is 25.0 Å². The molecule has 0 bridgehead atoms. The van der Waals surface area contributed by atoms with E-state index in [2.05, 4.69) is 0 Å². The molecule has 1 saturated carbocycles. The fourth-order valence-corrected chi connectivity index (χ4v) is 1.72. The number of hydrogen-bond donors (Lipinski definition) is 2. The molecule has 0 aliphatic heterocycles. The van der Waals surface area contributed by atoms with E-state index in [1.165, 1.54) is 0 Å². The Hall–Kier alpha value is -0.610.